The van der Waals surface area contributed by atoms with Crippen molar-refractivity contribution in [2.75, 3.05) is 5.75 Å². The van der Waals surface area contributed by atoms with Gasteiger partial charge >= 0.3 is 0 Å². The van der Waals surface area contributed by atoms with E-state index in [1.54, 1.807) is 24.2 Å². The maximum Gasteiger partial charge on any atom is 0.226 e. The van der Waals surface area contributed by atoms with Crippen LogP contribution in [0.15, 0.2) is 58.5 Å². The number of benzene rings is 1. The minimum Gasteiger partial charge on any atom is -0.339 e. The number of pyridine rings is 1. The summed E-state index contributed by atoms with van der Waals surface area (Å²) in [5.41, 5.74) is 1.90. The van der Waals surface area contributed by atoms with Gasteiger partial charge in [-0.3, -0.25) is 4.98 Å². The smallest absolute Gasteiger partial charge is 0.226 e. The third-order valence-corrected chi connectivity index (χ3v) is 5.61. The van der Waals surface area contributed by atoms with Crippen LogP contribution in [0.1, 0.15) is 19.2 Å². The van der Waals surface area contributed by atoms with Crippen molar-refractivity contribution in [3.05, 3.63) is 59.7 Å². The Hall–Kier alpha value is -2.71. The van der Waals surface area contributed by atoms with Gasteiger partial charge in [-0.1, -0.05) is 28.5 Å². The molecule has 0 saturated carbocycles. The van der Waals surface area contributed by atoms with Crippen LogP contribution >= 0.6 is 23.4 Å². The van der Waals surface area contributed by atoms with Gasteiger partial charge in [0.2, 0.25) is 11.7 Å². The molecule has 7 nitrogen and oxygen atoms in total. The average molecular weight is 427 g/mol. The molecule has 0 bridgehead atoms. The Morgan fingerprint density at radius 1 is 1.03 bits per heavy atom. The highest BCUT2D eigenvalue weighted by molar-refractivity contribution is 7.99. The monoisotopic (exact) mass is 426 g/mol. The summed E-state index contributed by atoms with van der Waals surface area (Å²) in [5, 5.41) is 14.4. The van der Waals surface area contributed by atoms with Crippen LogP contribution in [0.25, 0.3) is 22.8 Å². The molecule has 0 aliphatic rings. The van der Waals surface area contributed by atoms with Crippen molar-refractivity contribution in [3.8, 4) is 22.8 Å². The van der Waals surface area contributed by atoms with E-state index in [0.717, 1.165) is 47.2 Å². The van der Waals surface area contributed by atoms with Crippen molar-refractivity contribution < 1.29 is 4.52 Å². The first-order chi connectivity index (χ1) is 14.2. The number of halogens is 1. The van der Waals surface area contributed by atoms with Gasteiger partial charge < -0.3 is 9.09 Å². The molecule has 4 rings (SSSR count). The third kappa shape index (κ3) is 4.65. The zero-order valence-electron chi connectivity index (χ0n) is 15.8. The first-order valence-electron chi connectivity index (χ1n) is 9.29. The Balaban J connectivity index is 1.34. The van der Waals surface area contributed by atoms with Crippen LogP contribution in [0.2, 0.25) is 5.02 Å². The minimum absolute atomic E-state index is 0.591. The zero-order valence-corrected chi connectivity index (χ0v) is 17.4. The molecule has 3 aromatic heterocycles. The second-order valence-corrected chi connectivity index (χ2v) is 7.76. The van der Waals surface area contributed by atoms with Crippen LogP contribution in [0.4, 0.5) is 0 Å². The van der Waals surface area contributed by atoms with E-state index in [9.17, 15) is 0 Å². The summed E-state index contributed by atoms with van der Waals surface area (Å²) < 4.78 is 7.47. The topological polar surface area (TPSA) is 82.5 Å². The Bertz CT molecular complexity index is 1060. The molecule has 0 N–H and O–H groups in total. The van der Waals surface area contributed by atoms with Crippen molar-refractivity contribution >= 4 is 23.4 Å². The summed E-state index contributed by atoms with van der Waals surface area (Å²) >= 11 is 7.66. The van der Waals surface area contributed by atoms with E-state index >= 15 is 0 Å². The van der Waals surface area contributed by atoms with E-state index in [1.165, 1.54) is 0 Å². The fourth-order valence-electron chi connectivity index (χ4n) is 2.85. The maximum absolute atomic E-state index is 5.98. The average Bonchev–Trinajstić information content (AvgIpc) is 3.39. The van der Waals surface area contributed by atoms with Gasteiger partial charge in [0.05, 0.1) is 0 Å². The van der Waals surface area contributed by atoms with Gasteiger partial charge in [0, 0.05) is 47.3 Å². The van der Waals surface area contributed by atoms with Crippen molar-refractivity contribution in [1.29, 1.82) is 0 Å². The lowest BCUT2D eigenvalue weighted by molar-refractivity contribution is 0.378. The molecule has 148 valence electrons. The molecule has 3 heterocycles. The molecule has 0 amide bonds. The van der Waals surface area contributed by atoms with E-state index < -0.39 is 0 Å². The van der Waals surface area contributed by atoms with Crippen LogP contribution in [0, 0.1) is 0 Å². The van der Waals surface area contributed by atoms with Crippen molar-refractivity contribution in [3.63, 3.8) is 0 Å². The van der Waals surface area contributed by atoms with Crippen LogP contribution in [-0.2, 0) is 13.0 Å². The molecule has 0 fully saturated rings. The summed E-state index contributed by atoms with van der Waals surface area (Å²) in [6, 6.07) is 11.4. The summed E-state index contributed by atoms with van der Waals surface area (Å²) in [5.74, 6) is 2.96. The quantitative estimate of drug-likeness (QED) is 0.296. The van der Waals surface area contributed by atoms with E-state index in [2.05, 4.69) is 36.8 Å². The van der Waals surface area contributed by atoms with Gasteiger partial charge in [0.1, 0.15) is 0 Å². The molecule has 0 radical (unpaired) electrons. The van der Waals surface area contributed by atoms with Crippen LogP contribution in [0.5, 0.6) is 0 Å². The van der Waals surface area contributed by atoms with Crippen LogP contribution in [0.3, 0.4) is 0 Å². The highest BCUT2D eigenvalue weighted by Gasteiger charge is 2.13. The number of rotatable bonds is 8. The number of nitrogens with zero attached hydrogens (tertiary/aromatic N) is 6. The Labute approximate surface area is 177 Å². The Morgan fingerprint density at radius 3 is 2.59 bits per heavy atom. The van der Waals surface area contributed by atoms with E-state index in [0.29, 0.717) is 16.7 Å². The molecule has 29 heavy (non-hydrogen) atoms. The van der Waals surface area contributed by atoms with E-state index in [4.69, 9.17) is 16.1 Å². The number of aromatic nitrogens is 6. The van der Waals surface area contributed by atoms with Gasteiger partial charge in [0.15, 0.2) is 11.0 Å². The molecule has 0 spiro atoms. The number of hydrogen-bond acceptors (Lipinski definition) is 7. The lowest BCUT2D eigenvalue weighted by Gasteiger charge is -2.07. The maximum atomic E-state index is 5.98. The fraction of sp³-hybridized carbons (Fsp3) is 0.250. The number of hydrogen-bond donors (Lipinski definition) is 0. The molecular weight excluding hydrogens is 408 g/mol. The van der Waals surface area contributed by atoms with Crippen LogP contribution in [-0.4, -0.2) is 35.6 Å². The molecule has 0 unspecified atom stereocenters. The first kappa shape index (κ1) is 19.6. The molecule has 0 saturated heterocycles. The fourth-order valence-corrected chi connectivity index (χ4v) is 3.92. The third-order valence-electron chi connectivity index (χ3n) is 4.31. The van der Waals surface area contributed by atoms with Gasteiger partial charge in [-0.15, -0.1) is 10.2 Å². The van der Waals surface area contributed by atoms with Gasteiger partial charge in [-0.25, -0.2) is 0 Å². The van der Waals surface area contributed by atoms with Crippen molar-refractivity contribution in [2.45, 2.75) is 31.5 Å². The molecular formula is C20H19ClN6OS. The van der Waals surface area contributed by atoms with Gasteiger partial charge in [0.25, 0.3) is 0 Å². The first-order valence-corrected chi connectivity index (χ1v) is 10.7. The summed E-state index contributed by atoms with van der Waals surface area (Å²) in [7, 11) is 0. The largest absolute Gasteiger partial charge is 0.339 e. The molecule has 4 aromatic rings. The molecule has 0 aliphatic heterocycles. The molecule has 9 heteroatoms. The SMILES string of the molecule is CCn1c(SCCCc2nc(-c3ccncc3)no2)nnc1-c1ccc(Cl)cc1. The van der Waals surface area contributed by atoms with E-state index in [-0.39, 0.29) is 0 Å². The minimum atomic E-state index is 0.591. The zero-order chi connectivity index (χ0) is 20.1. The highest BCUT2D eigenvalue weighted by atomic mass is 35.5. The van der Waals surface area contributed by atoms with Gasteiger partial charge in [-0.05, 0) is 49.7 Å². The summed E-state index contributed by atoms with van der Waals surface area (Å²) in [6.45, 7) is 2.89. The summed E-state index contributed by atoms with van der Waals surface area (Å²) in [4.78, 5) is 8.45. The molecule has 0 atom stereocenters. The highest BCUT2D eigenvalue weighted by Crippen LogP contribution is 2.25. The Morgan fingerprint density at radius 2 is 1.83 bits per heavy atom. The lowest BCUT2D eigenvalue weighted by atomic mass is 10.2. The van der Waals surface area contributed by atoms with Crippen LogP contribution < -0.4 is 0 Å². The normalized spacial score (nSPS) is 11.1. The second-order valence-electron chi connectivity index (χ2n) is 6.26. The molecule has 0 aliphatic carbocycles. The van der Waals surface area contributed by atoms with Crippen molar-refractivity contribution in [1.82, 2.24) is 29.9 Å². The predicted octanol–water partition coefficient (Wildman–Crippen LogP) is 4.79. The van der Waals surface area contributed by atoms with Gasteiger partial charge in [-0.2, -0.15) is 4.98 Å². The number of aryl methyl sites for hydroxylation is 1. The van der Waals surface area contributed by atoms with Crippen molar-refractivity contribution in [2.24, 2.45) is 0 Å². The standard InChI is InChI=1S/C20H19ClN6OS/c1-2-27-19(15-5-7-16(21)8-6-15)24-25-20(27)29-13-3-4-17-23-18(26-28-17)14-9-11-22-12-10-14/h5-12H,2-4,13H2,1H3. The van der Waals surface area contributed by atoms with E-state index in [1.807, 2.05) is 36.4 Å². The Kier molecular flexibility index (Phi) is 6.21. The molecule has 1 aromatic carbocycles. The lowest BCUT2D eigenvalue weighted by Crippen LogP contribution is -2.00. The predicted molar refractivity (Wildman–Crippen MR) is 113 cm³/mol. The number of thioether (sulfide) groups is 1. The second kappa shape index (κ2) is 9.19. The summed E-state index contributed by atoms with van der Waals surface area (Å²) in [6.07, 6.45) is 5.04.